The van der Waals surface area contributed by atoms with Gasteiger partial charge in [0, 0.05) is 31.2 Å². The molecule has 2 rings (SSSR count). The van der Waals surface area contributed by atoms with Crippen molar-refractivity contribution in [3.8, 4) is 0 Å². The van der Waals surface area contributed by atoms with Crippen LogP contribution in [0.5, 0.6) is 0 Å². The lowest BCUT2D eigenvalue weighted by molar-refractivity contribution is 0.571. The smallest absolute Gasteiger partial charge is 0.305 e. The van der Waals surface area contributed by atoms with Gasteiger partial charge in [-0.15, -0.1) is 0 Å². The molecule has 7 nitrogen and oxygen atoms in total. The summed E-state index contributed by atoms with van der Waals surface area (Å²) in [6.07, 6.45) is 5.81. The molecule has 2 aromatic rings. The summed E-state index contributed by atoms with van der Waals surface area (Å²) in [5.41, 5.74) is 0.372. The maximum Gasteiger partial charge on any atom is 0.305 e. The summed E-state index contributed by atoms with van der Waals surface area (Å²) in [7, 11) is -3.60. The van der Waals surface area contributed by atoms with E-state index in [4.69, 9.17) is 0 Å². The highest BCUT2D eigenvalue weighted by Crippen LogP contribution is 2.15. The van der Waals surface area contributed by atoms with Gasteiger partial charge < -0.3 is 9.55 Å². The van der Waals surface area contributed by atoms with Crippen LogP contribution in [0.1, 0.15) is 12.1 Å². The van der Waals surface area contributed by atoms with Gasteiger partial charge in [0.15, 0.2) is 4.21 Å². The Morgan fingerprint density at radius 2 is 2.32 bits per heavy atom. The molecule has 0 aliphatic carbocycles. The first kappa shape index (κ1) is 14.0. The van der Waals surface area contributed by atoms with Gasteiger partial charge in [-0.3, -0.25) is 4.79 Å². The molecule has 2 N–H and O–H groups in total. The lowest BCUT2D eigenvalue weighted by Crippen LogP contribution is -2.25. The van der Waals surface area contributed by atoms with Crippen LogP contribution in [-0.2, 0) is 16.6 Å². The Morgan fingerprint density at radius 1 is 1.53 bits per heavy atom. The zero-order chi connectivity index (χ0) is 13.9. The minimum absolute atomic E-state index is 0.0557. The van der Waals surface area contributed by atoms with E-state index in [9.17, 15) is 13.2 Å². The Morgan fingerprint density at radius 3 is 2.89 bits per heavy atom. The first-order chi connectivity index (χ1) is 8.99. The van der Waals surface area contributed by atoms with Crippen molar-refractivity contribution < 1.29 is 8.42 Å². The molecule has 0 unspecified atom stereocenters. The molecule has 0 aliphatic heterocycles. The molecule has 0 spiro atoms. The minimum Gasteiger partial charge on any atom is -0.337 e. The molecule has 0 atom stereocenters. The van der Waals surface area contributed by atoms with Crippen LogP contribution in [0.25, 0.3) is 0 Å². The number of nitrogens with one attached hydrogen (secondary N) is 2. The van der Waals surface area contributed by atoms with Crippen LogP contribution in [0.15, 0.2) is 27.7 Å². The standard InChI is InChI=1S/C10H14N4O3S2/c1-8-9(18-10(15)13-8)19(16,17)12-3-2-5-14-6-4-11-7-14/h4,6-7,12H,2-3,5H2,1H3,(H,13,15). The zero-order valence-electron chi connectivity index (χ0n) is 10.3. The van der Waals surface area contributed by atoms with Gasteiger partial charge in [0.25, 0.3) is 10.0 Å². The molecule has 0 amide bonds. The van der Waals surface area contributed by atoms with E-state index in [2.05, 4.69) is 14.7 Å². The normalized spacial score (nSPS) is 11.8. The Hall–Kier alpha value is -1.45. The van der Waals surface area contributed by atoms with E-state index >= 15 is 0 Å². The van der Waals surface area contributed by atoms with Crippen LogP contribution in [0.3, 0.4) is 0 Å². The van der Waals surface area contributed by atoms with E-state index in [1.54, 1.807) is 19.4 Å². The number of imidazole rings is 1. The third kappa shape index (κ3) is 3.52. The lowest BCUT2D eigenvalue weighted by atomic mass is 10.4. The molecule has 9 heteroatoms. The molecular weight excluding hydrogens is 288 g/mol. The maximum atomic E-state index is 11.9. The fraction of sp³-hybridized carbons (Fsp3) is 0.400. The predicted molar refractivity (Wildman–Crippen MR) is 71.7 cm³/mol. The highest BCUT2D eigenvalue weighted by atomic mass is 32.2. The number of aromatic amines is 1. The molecule has 2 aromatic heterocycles. The topological polar surface area (TPSA) is 96.9 Å². The van der Waals surface area contributed by atoms with Crippen molar-refractivity contribution in [2.45, 2.75) is 24.1 Å². The van der Waals surface area contributed by atoms with Crippen molar-refractivity contribution in [3.05, 3.63) is 34.1 Å². The Kier molecular flexibility index (Phi) is 4.17. The maximum absolute atomic E-state index is 11.9. The Balaban J connectivity index is 1.91. The van der Waals surface area contributed by atoms with E-state index in [1.807, 2.05) is 10.8 Å². The zero-order valence-corrected chi connectivity index (χ0v) is 11.9. The molecule has 104 valence electrons. The molecule has 0 aromatic carbocycles. The summed E-state index contributed by atoms with van der Waals surface area (Å²) in [5.74, 6) is 0. The van der Waals surface area contributed by atoms with Crippen LogP contribution < -0.4 is 9.60 Å². The van der Waals surface area contributed by atoms with Crippen molar-refractivity contribution in [2.24, 2.45) is 0 Å². The van der Waals surface area contributed by atoms with Gasteiger partial charge in [-0.05, 0) is 13.3 Å². The van der Waals surface area contributed by atoms with Gasteiger partial charge in [-0.2, -0.15) is 0 Å². The fourth-order valence-electron chi connectivity index (χ4n) is 1.60. The monoisotopic (exact) mass is 302 g/mol. The lowest BCUT2D eigenvalue weighted by Gasteiger charge is -2.05. The number of aryl methyl sites for hydroxylation is 2. The van der Waals surface area contributed by atoms with E-state index in [0.29, 0.717) is 36.5 Å². The van der Waals surface area contributed by atoms with Crippen LogP contribution in [0, 0.1) is 6.92 Å². The summed E-state index contributed by atoms with van der Waals surface area (Å²) in [5, 5.41) is 0. The summed E-state index contributed by atoms with van der Waals surface area (Å²) in [6, 6.07) is 0. The first-order valence-electron chi connectivity index (χ1n) is 5.64. The largest absolute Gasteiger partial charge is 0.337 e. The van der Waals surface area contributed by atoms with E-state index in [-0.39, 0.29) is 9.08 Å². The molecular formula is C10H14N4O3S2. The van der Waals surface area contributed by atoms with E-state index in [1.165, 1.54) is 0 Å². The number of hydrogen-bond acceptors (Lipinski definition) is 5. The molecule has 2 heterocycles. The van der Waals surface area contributed by atoms with Gasteiger partial charge in [0.05, 0.1) is 6.33 Å². The van der Waals surface area contributed by atoms with Crippen molar-refractivity contribution in [3.63, 3.8) is 0 Å². The van der Waals surface area contributed by atoms with Gasteiger partial charge in [0.2, 0.25) is 0 Å². The van der Waals surface area contributed by atoms with Crippen molar-refractivity contribution in [1.29, 1.82) is 0 Å². The second-order valence-corrected chi connectivity index (χ2v) is 6.92. The Labute approximate surface area is 114 Å². The van der Waals surface area contributed by atoms with Crippen molar-refractivity contribution in [1.82, 2.24) is 19.3 Å². The number of rotatable bonds is 6. The van der Waals surface area contributed by atoms with Gasteiger partial charge in [-0.25, -0.2) is 18.1 Å². The molecule has 0 fully saturated rings. The SMILES string of the molecule is Cc1[nH]c(=O)sc1S(=O)(=O)NCCCn1ccnc1. The highest BCUT2D eigenvalue weighted by Gasteiger charge is 2.19. The number of sulfonamides is 1. The minimum atomic E-state index is -3.60. The summed E-state index contributed by atoms with van der Waals surface area (Å²) < 4.78 is 28.3. The van der Waals surface area contributed by atoms with Crippen molar-refractivity contribution >= 4 is 21.4 Å². The molecule has 0 bridgehead atoms. The van der Waals surface area contributed by atoms with E-state index in [0.717, 1.165) is 0 Å². The number of H-pyrrole nitrogens is 1. The predicted octanol–water partition coefficient (Wildman–Crippen LogP) is 0.310. The molecule has 0 radical (unpaired) electrons. The second-order valence-electron chi connectivity index (χ2n) is 3.98. The first-order valence-corrected chi connectivity index (χ1v) is 7.94. The summed E-state index contributed by atoms with van der Waals surface area (Å²) >= 11 is 0.700. The number of thiazole rings is 1. The quantitative estimate of drug-likeness (QED) is 0.750. The summed E-state index contributed by atoms with van der Waals surface area (Å²) in [6.45, 7) is 2.56. The fourth-order valence-corrected chi connectivity index (χ4v) is 4.02. The molecule has 19 heavy (non-hydrogen) atoms. The number of hydrogen-bond donors (Lipinski definition) is 2. The number of aromatic nitrogens is 3. The number of nitrogens with zero attached hydrogens (tertiary/aromatic N) is 2. The van der Waals surface area contributed by atoms with Crippen LogP contribution in [0.4, 0.5) is 0 Å². The van der Waals surface area contributed by atoms with Gasteiger partial charge in [0.1, 0.15) is 0 Å². The summed E-state index contributed by atoms with van der Waals surface area (Å²) in [4.78, 5) is 17.1. The third-order valence-electron chi connectivity index (χ3n) is 2.47. The van der Waals surface area contributed by atoms with E-state index < -0.39 is 10.0 Å². The molecule has 0 saturated carbocycles. The average Bonchev–Trinajstić information content (AvgIpc) is 2.94. The molecule has 0 aliphatic rings. The van der Waals surface area contributed by atoms with Gasteiger partial charge >= 0.3 is 4.87 Å². The van der Waals surface area contributed by atoms with Crippen LogP contribution >= 0.6 is 11.3 Å². The van der Waals surface area contributed by atoms with Gasteiger partial charge in [-0.1, -0.05) is 11.3 Å². The highest BCUT2D eigenvalue weighted by molar-refractivity contribution is 7.91. The Bertz CT molecular complexity index is 685. The molecule has 0 saturated heterocycles. The average molecular weight is 302 g/mol. The third-order valence-corrected chi connectivity index (χ3v) is 5.54. The van der Waals surface area contributed by atoms with Crippen molar-refractivity contribution in [2.75, 3.05) is 6.54 Å². The second kappa shape index (κ2) is 5.68. The van der Waals surface area contributed by atoms with Crippen LogP contribution in [-0.4, -0.2) is 29.5 Å². The van der Waals surface area contributed by atoms with Crippen LogP contribution in [0.2, 0.25) is 0 Å².